The first-order valence-electron chi connectivity index (χ1n) is 9.77. The summed E-state index contributed by atoms with van der Waals surface area (Å²) in [6.45, 7) is 12.7. The summed E-state index contributed by atoms with van der Waals surface area (Å²) in [6.07, 6.45) is 3.23. The first kappa shape index (κ1) is 25.3. The Kier molecular flexibility index (Phi) is 8.62. The van der Waals surface area contributed by atoms with Gasteiger partial charge >= 0.3 is 5.97 Å². The highest BCUT2D eigenvalue weighted by Gasteiger charge is 2.37. The van der Waals surface area contributed by atoms with Crippen molar-refractivity contribution >= 4 is 16.0 Å². The van der Waals surface area contributed by atoms with Crippen LogP contribution in [-0.4, -0.2) is 48.6 Å². The average molecular weight is 426 g/mol. The number of carbonyl (C=O) groups excluding carboxylic acids is 1. The highest BCUT2D eigenvalue weighted by molar-refractivity contribution is 7.89. The third-order valence-electron chi connectivity index (χ3n) is 4.32. The van der Waals surface area contributed by atoms with Gasteiger partial charge in [0.05, 0.1) is 17.5 Å². The molecule has 0 amide bonds. The first-order valence-corrected chi connectivity index (χ1v) is 11.2. The number of aliphatic hydroxyl groups excluding tert-OH is 1. The maximum Gasteiger partial charge on any atom is 0.330 e. The van der Waals surface area contributed by atoms with Crippen LogP contribution in [0.1, 0.15) is 53.5 Å². The van der Waals surface area contributed by atoms with Gasteiger partial charge in [-0.2, -0.15) is 4.31 Å². The van der Waals surface area contributed by atoms with Crippen LogP contribution in [0.15, 0.2) is 41.3 Å². The Hall–Kier alpha value is -1.70. The number of benzene rings is 1. The van der Waals surface area contributed by atoms with E-state index in [0.29, 0.717) is 6.42 Å². The molecule has 0 saturated carbocycles. The number of rotatable bonds is 8. The lowest BCUT2D eigenvalue weighted by molar-refractivity contribution is -0.148. The molecule has 0 heterocycles. The molecule has 164 valence electrons. The molecule has 1 N–H and O–H groups in total. The van der Waals surface area contributed by atoms with Crippen LogP contribution in [0, 0.1) is 12.3 Å². The van der Waals surface area contributed by atoms with E-state index in [-0.39, 0.29) is 18.0 Å². The number of aryl methyl sites for hydroxylation is 1. The van der Waals surface area contributed by atoms with Crippen molar-refractivity contribution < 1.29 is 23.1 Å². The molecule has 0 unspecified atom stereocenters. The summed E-state index contributed by atoms with van der Waals surface area (Å²) in [5, 5.41) is 9.96. The summed E-state index contributed by atoms with van der Waals surface area (Å²) in [5.41, 5.74) is -0.0944. The Morgan fingerprint density at radius 2 is 1.69 bits per heavy atom. The van der Waals surface area contributed by atoms with E-state index in [4.69, 9.17) is 4.74 Å². The Morgan fingerprint density at radius 3 is 2.14 bits per heavy atom. The van der Waals surface area contributed by atoms with E-state index in [9.17, 15) is 18.3 Å². The number of aliphatic hydroxyl groups is 1. The molecule has 0 bridgehead atoms. The zero-order chi connectivity index (χ0) is 22.5. The van der Waals surface area contributed by atoms with Crippen molar-refractivity contribution in [2.75, 3.05) is 13.2 Å². The molecule has 0 spiro atoms. The topological polar surface area (TPSA) is 83.9 Å². The third kappa shape index (κ3) is 7.91. The zero-order valence-corrected chi connectivity index (χ0v) is 19.4. The fourth-order valence-corrected chi connectivity index (χ4v) is 4.62. The largest absolute Gasteiger partial charge is 0.457 e. The maximum atomic E-state index is 13.3. The highest BCUT2D eigenvalue weighted by Crippen LogP contribution is 2.29. The minimum Gasteiger partial charge on any atom is -0.457 e. The molecule has 29 heavy (non-hydrogen) atoms. The number of carbonyl (C=O) groups is 1. The number of hydrogen-bond acceptors (Lipinski definition) is 5. The predicted octanol–water partition coefficient (Wildman–Crippen LogP) is 3.68. The van der Waals surface area contributed by atoms with E-state index in [0.717, 1.165) is 5.56 Å². The summed E-state index contributed by atoms with van der Waals surface area (Å²) in [5.74, 6) is -0.472. The van der Waals surface area contributed by atoms with E-state index in [1.165, 1.54) is 10.4 Å². The van der Waals surface area contributed by atoms with E-state index >= 15 is 0 Å². The van der Waals surface area contributed by atoms with Gasteiger partial charge in [0, 0.05) is 12.6 Å². The smallest absolute Gasteiger partial charge is 0.330 e. The fraction of sp³-hybridized carbons (Fsp3) is 0.591. The van der Waals surface area contributed by atoms with Gasteiger partial charge in [-0.1, -0.05) is 44.5 Å². The van der Waals surface area contributed by atoms with Gasteiger partial charge in [0.15, 0.2) is 0 Å². The van der Waals surface area contributed by atoms with Gasteiger partial charge < -0.3 is 9.84 Å². The second-order valence-corrected chi connectivity index (χ2v) is 11.1. The molecular weight excluding hydrogens is 390 g/mol. The van der Waals surface area contributed by atoms with Gasteiger partial charge in [-0.25, -0.2) is 13.2 Å². The monoisotopic (exact) mass is 425 g/mol. The SMILES string of the molecule is Cc1ccc(S(=O)(=O)N(CC/C=C/C(=O)OC(C)(C)C)[C@H](CO)C(C)(C)C)cc1. The van der Waals surface area contributed by atoms with Crippen LogP contribution in [-0.2, 0) is 19.6 Å². The van der Waals surface area contributed by atoms with E-state index in [2.05, 4.69) is 0 Å². The van der Waals surface area contributed by atoms with Crippen molar-refractivity contribution in [3.05, 3.63) is 42.0 Å². The van der Waals surface area contributed by atoms with Gasteiger partial charge in [0.2, 0.25) is 10.0 Å². The van der Waals surface area contributed by atoms with Crippen LogP contribution in [0.5, 0.6) is 0 Å². The molecule has 0 saturated heterocycles. The highest BCUT2D eigenvalue weighted by atomic mass is 32.2. The molecule has 0 fully saturated rings. The molecule has 0 aliphatic heterocycles. The number of hydrogen-bond donors (Lipinski definition) is 1. The van der Waals surface area contributed by atoms with Crippen molar-refractivity contribution in [2.45, 2.75) is 71.4 Å². The quantitative estimate of drug-likeness (QED) is 0.507. The van der Waals surface area contributed by atoms with Crippen LogP contribution in [0.4, 0.5) is 0 Å². The first-order chi connectivity index (χ1) is 13.2. The zero-order valence-electron chi connectivity index (χ0n) is 18.6. The van der Waals surface area contributed by atoms with E-state index in [1.54, 1.807) is 51.1 Å². The lowest BCUT2D eigenvalue weighted by atomic mass is 9.87. The number of sulfonamides is 1. The van der Waals surface area contributed by atoms with Gasteiger partial charge in [0.25, 0.3) is 0 Å². The Morgan fingerprint density at radius 1 is 1.14 bits per heavy atom. The average Bonchev–Trinajstić information content (AvgIpc) is 2.55. The van der Waals surface area contributed by atoms with Crippen molar-refractivity contribution in [1.29, 1.82) is 0 Å². The molecule has 1 aromatic rings. The molecule has 1 rings (SSSR count). The van der Waals surface area contributed by atoms with E-state index < -0.39 is 33.1 Å². The number of esters is 1. The lowest BCUT2D eigenvalue weighted by Crippen LogP contribution is -2.49. The van der Waals surface area contributed by atoms with Crippen LogP contribution < -0.4 is 0 Å². The fourth-order valence-electron chi connectivity index (χ4n) is 2.80. The summed E-state index contributed by atoms with van der Waals surface area (Å²) in [7, 11) is -3.82. The van der Waals surface area contributed by atoms with Crippen LogP contribution in [0.25, 0.3) is 0 Å². The van der Waals surface area contributed by atoms with Crippen molar-refractivity contribution in [3.63, 3.8) is 0 Å². The van der Waals surface area contributed by atoms with Crippen molar-refractivity contribution in [3.8, 4) is 0 Å². The molecule has 0 radical (unpaired) electrons. The molecule has 1 aromatic carbocycles. The van der Waals surface area contributed by atoms with Crippen LogP contribution in [0.2, 0.25) is 0 Å². The van der Waals surface area contributed by atoms with Gasteiger partial charge in [-0.15, -0.1) is 0 Å². The number of ether oxygens (including phenoxy) is 1. The normalized spacial score (nSPS) is 14.4. The number of nitrogens with zero attached hydrogens (tertiary/aromatic N) is 1. The third-order valence-corrected chi connectivity index (χ3v) is 6.25. The molecule has 1 atom stereocenters. The van der Waals surface area contributed by atoms with Gasteiger partial charge in [-0.3, -0.25) is 0 Å². The Balaban J connectivity index is 3.10. The maximum absolute atomic E-state index is 13.3. The molecule has 6 nitrogen and oxygen atoms in total. The van der Waals surface area contributed by atoms with Gasteiger partial charge in [0.1, 0.15) is 5.60 Å². The molecular formula is C22H35NO5S. The molecule has 7 heteroatoms. The summed E-state index contributed by atoms with van der Waals surface area (Å²) in [4.78, 5) is 12.0. The second-order valence-electron chi connectivity index (χ2n) is 9.22. The van der Waals surface area contributed by atoms with Crippen LogP contribution in [0.3, 0.4) is 0 Å². The van der Waals surface area contributed by atoms with Crippen molar-refractivity contribution in [1.82, 2.24) is 4.31 Å². The summed E-state index contributed by atoms with van der Waals surface area (Å²) < 4.78 is 33.2. The van der Waals surface area contributed by atoms with Crippen LogP contribution >= 0.6 is 0 Å². The molecule has 0 aliphatic carbocycles. The molecule has 0 aliphatic rings. The Labute approximate surface area is 175 Å². The summed E-state index contributed by atoms with van der Waals surface area (Å²) >= 11 is 0. The summed E-state index contributed by atoms with van der Waals surface area (Å²) in [6, 6.07) is 6.04. The van der Waals surface area contributed by atoms with Crippen molar-refractivity contribution in [2.24, 2.45) is 5.41 Å². The van der Waals surface area contributed by atoms with Gasteiger partial charge in [-0.05, 0) is 51.7 Å². The lowest BCUT2D eigenvalue weighted by Gasteiger charge is -2.38. The minimum absolute atomic E-state index is 0.137. The second kappa shape index (κ2) is 9.87. The van der Waals surface area contributed by atoms with E-state index in [1.807, 2.05) is 27.7 Å². The standard InChI is InChI=1S/C22H35NO5S/c1-17-11-13-18(14-12-17)29(26,27)23(19(16-24)21(2,3)4)15-9-8-10-20(25)28-22(5,6)7/h8,10-14,19,24H,9,15-16H2,1-7H3/b10-8+/t19-/m1/s1. The predicted molar refractivity (Wildman–Crippen MR) is 115 cm³/mol. The minimum atomic E-state index is -3.82. The Bertz CT molecular complexity index is 799. The molecule has 0 aromatic heterocycles.